The van der Waals surface area contributed by atoms with Gasteiger partial charge in [0.2, 0.25) is 5.91 Å². The highest BCUT2D eigenvalue weighted by Crippen LogP contribution is 2.18. The molecule has 4 nitrogen and oxygen atoms in total. The Morgan fingerprint density at radius 1 is 1.30 bits per heavy atom. The fourth-order valence-corrected chi connectivity index (χ4v) is 2.52. The van der Waals surface area contributed by atoms with Crippen molar-refractivity contribution >= 4 is 5.91 Å². The summed E-state index contributed by atoms with van der Waals surface area (Å²) in [7, 11) is 1.62. The van der Waals surface area contributed by atoms with Crippen molar-refractivity contribution in [3.05, 3.63) is 29.8 Å². The number of benzene rings is 1. The Hall–Kier alpha value is -2.02. The van der Waals surface area contributed by atoms with E-state index in [4.69, 9.17) is 4.74 Å². The number of hydrogen-bond acceptors (Lipinski definition) is 3. The van der Waals surface area contributed by atoms with Gasteiger partial charge in [-0.3, -0.25) is 4.79 Å². The van der Waals surface area contributed by atoms with Crippen LogP contribution in [0.2, 0.25) is 0 Å². The molecule has 1 heterocycles. The fraction of sp³-hybridized carbons (Fsp3) is 0.500. The van der Waals surface area contributed by atoms with Crippen molar-refractivity contribution in [3.8, 4) is 11.8 Å². The van der Waals surface area contributed by atoms with E-state index in [-0.39, 0.29) is 5.91 Å². The van der Waals surface area contributed by atoms with Crippen LogP contribution < -0.4 is 4.74 Å². The molecule has 0 aliphatic carbocycles. The lowest BCUT2D eigenvalue weighted by Gasteiger charge is -2.28. The first kappa shape index (κ1) is 14.4. The standard InChI is InChI=1S/C16H20N2O2/c1-20-15-7-5-13(6-8-15)11-14(12-17)16(19)18-9-3-2-4-10-18/h5-8,14H,2-4,9-11H2,1H3. The van der Waals surface area contributed by atoms with Gasteiger partial charge < -0.3 is 9.64 Å². The third-order valence-electron chi connectivity index (χ3n) is 3.72. The van der Waals surface area contributed by atoms with E-state index >= 15 is 0 Å². The first-order chi connectivity index (χ1) is 9.74. The lowest BCUT2D eigenvalue weighted by atomic mass is 9.98. The Labute approximate surface area is 120 Å². The average molecular weight is 272 g/mol. The average Bonchev–Trinajstić information content (AvgIpc) is 2.53. The Morgan fingerprint density at radius 2 is 1.95 bits per heavy atom. The van der Waals surface area contributed by atoms with Gasteiger partial charge in [0.25, 0.3) is 0 Å². The highest BCUT2D eigenvalue weighted by molar-refractivity contribution is 5.81. The Kier molecular flexibility index (Phi) is 5.00. The van der Waals surface area contributed by atoms with Gasteiger partial charge in [0, 0.05) is 13.1 Å². The van der Waals surface area contributed by atoms with E-state index in [2.05, 4.69) is 6.07 Å². The minimum atomic E-state index is -0.582. The van der Waals surface area contributed by atoms with Gasteiger partial charge in [0.05, 0.1) is 13.2 Å². The number of hydrogen-bond donors (Lipinski definition) is 0. The summed E-state index contributed by atoms with van der Waals surface area (Å²) in [4.78, 5) is 14.2. The monoisotopic (exact) mass is 272 g/mol. The second-order valence-corrected chi connectivity index (χ2v) is 5.12. The number of likely N-dealkylation sites (tertiary alicyclic amines) is 1. The maximum absolute atomic E-state index is 12.3. The lowest BCUT2D eigenvalue weighted by molar-refractivity contribution is -0.134. The molecule has 1 unspecified atom stereocenters. The van der Waals surface area contributed by atoms with Crippen LogP contribution in [0.4, 0.5) is 0 Å². The topological polar surface area (TPSA) is 53.3 Å². The predicted molar refractivity (Wildman–Crippen MR) is 76.2 cm³/mol. The van der Waals surface area contributed by atoms with Gasteiger partial charge in [-0.2, -0.15) is 5.26 Å². The minimum absolute atomic E-state index is 0.0250. The fourth-order valence-electron chi connectivity index (χ4n) is 2.52. The van der Waals surface area contributed by atoms with Gasteiger partial charge in [0.1, 0.15) is 11.7 Å². The van der Waals surface area contributed by atoms with Crippen LogP contribution in [0, 0.1) is 17.2 Å². The quantitative estimate of drug-likeness (QED) is 0.845. The molecule has 0 aromatic heterocycles. The number of carbonyl (C=O) groups is 1. The number of piperidine rings is 1. The molecular weight excluding hydrogens is 252 g/mol. The molecule has 1 aromatic rings. The molecule has 1 aromatic carbocycles. The van der Waals surface area contributed by atoms with E-state index < -0.39 is 5.92 Å². The van der Waals surface area contributed by atoms with Gasteiger partial charge in [-0.25, -0.2) is 0 Å². The molecule has 0 bridgehead atoms. The zero-order valence-corrected chi connectivity index (χ0v) is 11.8. The van der Waals surface area contributed by atoms with Crippen LogP contribution in [0.25, 0.3) is 0 Å². The van der Waals surface area contributed by atoms with Crippen molar-refractivity contribution in [1.29, 1.82) is 5.26 Å². The van der Waals surface area contributed by atoms with E-state index in [0.717, 1.165) is 37.2 Å². The van der Waals surface area contributed by atoms with Gasteiger partial charge in [-0.1, -0.05) is 12.1 Å². The Balaban J connectivity index is 2.00. The second-order valence-electron chi connectivity index (χ2n) is 5.12. The molecule has 1 aliphatic heterocycles. The normalized spacial score (nSPS) is 16.3. The third kappa shape index (κ3) is 3.51. The van der Waals surface area contributed by atoms with Gasteiger partial charge in [-0.15, -0.1) is 0 Å². The molecule has 1 aliphatic rings. The highest BCUT2D eigenvalue weighted by Gasteiger charge is 2.25. The van der Waals surface area contributed by atoms with E-state index in [0.29, 0.717) is 6.42 Å². The molecule has 0 saturated carbocycles. The van der Waals surface area contributed by atoms with Gasteiger partial charge in [0.15, 0.2) is 0 Å². The first-order valence-corrected chi connectivity index (χ1v) is 7.06. The van der Waals surface area contributed by atoms with Crippen molar-refractivity contribution in [1.82, 2.24) is 4.90 Å². The van der Waals surface area contributed by atoms with Crippen LogP contribution in [0.1, 0.15) is 24.8 Å². The minimum Gasteiger partial charge on any atom is -0.497 e. The van der Waals surface area contributed by atoms with E-state index in [1.807, 2.05) is 29.2 Å². The van der Waals surface area contributed by atoms with Crippen molar-refractivity contribution in [3.63, 3.8) is 0 Å². The van der Waals surface area contributed by atoms with Crippen LogP contribution in [-0.4, -0.2) is 31.0 Å². The molecule has 0 radical (unpaired) electrons. The van der Waals surface area contributed by atoms with E-state index in [1.54, 1.807) is 7.11 Å². The maximum atomic E-state index is 12.3. The molecule has 1 fully saturated rings. The number of ether oxygens (including phenoxy) is 1. The number of carbonyl (C=O) groups excluding carboxylic acids is 1. The van der Waals surface area contributed by atoms with E-state index in [9.17, 15) is 10.1 Å². The third-order valence-corrected chi connectivity index (χ3v) is 3.72. The highest BCUT2D eigenvalue weighted by atomic mass is 16.5. The van der Waals surface area contributed by atoms with Crippen LogP contribution in [0.5, 0.6) is 5.75 Å². The number of nitrogens with zero attached hydrogens (tertiary/aromatic N) is 2. The number of rotatable bonds is 4. The molecule has 2 rings (SSSR count). The van der Waals surface area contributed by atoms with E-state index in [1.165, 1.54) is 6.42 Å². The molecule has 1 amide bonds. The molecule has 20 heavy (non-hydrogen) atoms. The summed E-state index contributed by atoms with van der Waals surface area (Å²) < 4.78 is 5.10. The molecule has 4 heteroatoms. The Bertz CT molecular complexity index is 484. The first-order valence-electron chi connectivity index (χ1n) is 7.06. The molecular formula is C16H20N2O2. The van der Waals surface area contributed by atoms with Crippen molar-refractivity contribution in [2.24, 2.45) is 5.92 Å². The van der Waals surface area contributed by atoms with Crippen molar-refractivity contribution < 1.29 is 9.53 Å². The van der Waals surface area contributed by atoms with Crippen molar-refractivity contribution in [2.75, 3.05) is 20.2 Å². The summed E-state index contributed by atoms with van der Waals surface area (Å²) in [6.45, 7) is 1.58. The largest absolute Gasteiger partial charge is 0.497 e. The molecule has 0 N–H and O–H groups in total. The second kappa shape index (κ2) is 6.95. The summed E-state index contributed by atoms with van der Waals surface area (Å²) in [5.74, 6) is 0.175. The van der Waals surface area contributed by atoms with Crippen molar-refractivity contribution in [2.45, 2.75) is 25.7 Å². The zero-order chi connectivity index (χ0) is 14.4. The van der Waals surface area contributed by atoms with Crippen LogP contribution in [0.15, 0.2) is 24.3 Å². The number of methoxy groups -OCH3 is 1. The molecule has 1 saturated heterocycles. The molecule has 0 spiro atoms. The Morgan fingerprint density at radius 3 is 2.50 bits per heavy atom. The molecule has 106 valence electrons. The summed E-state index contributed by atoms with van der Waals surface area (Å²) in [5.41, 5.74) is 0.989. The van der Waals surface area contributed by atoms with Gasteiger partial charge in [-0.05, 0) is 43.4 Å². The van der Waals surface area contributed by atoms with Crippen LogP contribution >= 0.6 is 0 Å². The van der Waals surface area contributed by atoms with Crippen LogP contribution in [0.3, 0.4) is 0 Å². The number of nitriles is 1. The SMILES string of the molecule is COc1ccc(CC(C#N)C(=O)N2CCCCC2)cc1. The predicted octanol–water partition coefficient (Wildman–Crippen LogP) is 2.39. The maximum Gasteiger partial charge on any atom is 0.240 e. The smallest absolute Gasteiger partial charge is 0.240 e. The number of amides is 1. The lowest BCUT2D eigenvalue weighted by Crippen LogP contribution is -2.39. The zero-order valence-electron chi connectivity index (χ0n) is 11.8. The summed E-state index contributed by atoms with van der Waals surface area (Å²) >= 11 is 0. The summed E-state index contributed by atoms with van der Waals surface area (Å²) in [6.07, 6.45) is 3.74. The summed E-state index contributed by atoms with van der Waals surface area (Å²) in [5, 5.41) is 9.27. The summed E-state index contributed by atoms with van der Waals surface area (Å²) in [6, 6.07) is 9.69. The van der Waals surface area contributed by atoms with Gasteiger partial charge >= 0.3 is 0 Å². The van der Waals surface area contributed by atoms with Crippen LogP contribution in [-0.2, 0) is 11.2 Å². The molecule has 1 atom stereocenters.